The summed E-state index contributed by atoms with van der Waals surface area (Å²) in [5, 5.41) is 0. The molecular weight excluding hydrogens is 268 g/mol. The molecule has 0 radical (unpaired) electrons. The SMILES string of the molecule is CCCCCCCCCCCCN(CCN)c1ccccc1. The zero-order valence-corrected chi connectivity index (χ0v) is 14.6. The molecule has 0 aliphatic carbocycles. The maximum Gasteiger partial charge on any atom is 0.0366 e. The van der Waals surface area contributed by atoms with Gasteiger partial charge < -0.3 is 10.6 Å². The van der Waals surface area contributed by atoms with Gasteiger partial charge in [-0.2, -0.15) is 0 Å². The predicted octanol–water partition coefficient (Wildman–Crippen LogP) is 5.37. The van der Waals surface area contributed by atoms with Gasteiger partial charge in [0.1, 0.15) is 0 Å². The van der Waals surface area contributed by atoms with Crippen LogP contribution in [0.2, 0.25) is 0 Å². The van der Waals surface area contributed by atoms with E-state index >= 15 is 0 Å². The molecule has 0 heterocycles. The van der Waals surface area contributed by atoms with Gasteiger partial charge >= 0.3 is 0 Å². The highest BCUT2D eigenvalue weighted by molar-refractivity contribution is 5.45. The number of hydrogen-bond donors (Lipinski definition) is 1. The van der Waals surface area contributed by atoms with Crippen molar-refractivity contribution in [3.8, 4) is 0 Å². The lowest BCUT2D eigenvalue weighted by Gasteiger charge is -2.24. The summed E-state index contributed by atoms with van der Waals surface area (Å²) in [7, 11) is 0. The summed E-state index contributed by atoms with van der Waals surface area (Å²) < 4.78 is 0. The Morgan fingerprint density at radius 1 is 0.727 bits per heavy atom. The van der Waals surface area contributed by atoms with Crippen LogP contribution in [0.15, 0.2) is 30.3 Å². The molecule has 2 nitrogen and oxygen atoms in total. The fourth-order valence-corrected chi connectivity index (χ4v) is 2.95. The van der Waals surface area contributed by atoms with Crippen LogP contribution in [0.3, 0.4) is 0 Å². The first-order chi connectivity index (χ1) is 10.9. The van der Waals surface area contributed by atoms with E-state index in [1.54, 1.807) is 0 Å². The molecule has 0 spiro atoms. The topological polar surface area (TPSA) is 29.3 Å². The second kappa shape index (κ2) is 13.6. The van der Waals surface area contributed by atoms with Gasteiger partial charge in [0, 0.05) is 25.3 Å². The van der Waals surface area contributed by atoms with E-state index < -0.39 is 0 Å². The highest BCUT2D eigenvalue weighted by atomic mass is 15.1. The van der Waals surface area contributed by atoms with E-state index in [9.17, 15) is 0 Å². The van der Waals surface area contributed by atoms with Crippen molar-refractivity contribution in [3.05, 3.63) is 30.3 Å². The normalized spacial score (nSPS) is 10.8. The van der Waals surface area contributed by atoms with Gasteiger partial charge in [0.15, 0.2) is 0 Å². The number of benzene rings is 1. The number of anilines is 1. The smallest absolute Gasteiger partial charge is 0.0366 e. The molecular formula is C20H36N2. The molecule has 0 aromatic heterocycles. The van der Waals surface area contributed by atoms with Crippen LogP contribution in [0.4, 0.5) is 5.69 Å². The van der Waals surface area contributed by atoms with Gasteiger partial charge in [-0.05, 0) is 18.6 Å². The first-order valence-electron chi connectivity index (χ1n) is 9.38. The summed E-state index contributed by atoms with van der Waals surface area (Å²) in [6.07, 6.45) is 13.9. The van der Waals surface area contributed by atoms with Gasteiger partial charge in [-0.3, -0.25) is 0 Å². The molecule has 0 saturated heterocycles. The number of unbranched alkanes of at least 4 members (excludes halogenated alkanes) is 9. The lowest BCUT2D eigenvalue weighted by molar-refractivity contribution is 0.554. The Morgan fingerprint density at radius 3 is 1.82 bits per heavy atom. The first kappa shape index (κ1) is 19.0. The zero-order valence-electron chi connectivity index (χ0n) is 14.6. The Kier molecular flexibility index (Phi) is 11.8. The minimum atomic E-state index is 0.729. The van der Waals surface area contributed by atoms with Crippen LogP contribution < -0.4 is 10.6 Å². The van der Waals surface area contributed by atoms with E-state index in [4.69, 9.17) is 5.73 Å². The Morgan fingerprint density at radius 2 is 1.27 bits per heavy atom. The summed E-state index contributed by atoms with van der Waals surface area (Å²) in [4.78, 5) is 2.42. The molecule has 126 valence electrons. The number of rotatable bonds is 14. The number of nitrogens with zero attached hydrogens (tertiary/aromatic N) is 1. The molecule has 0 fully saturated rings. The standard InChI is InChI=1S/C20H36N2/c1-2-3-4-5-6-7-8-9-10-14-18-22(19-17-21)20-15-12-11-13-16-20/h11-13,15-16H,2-10,14,17-19,21H2,1H3. The monoisotopic (exact) mass is 304 g/mol. The van der Waals surface area contributed by atoms with Crippen molar-refractivity contribution in [1.29, 1.82) is 0 Å². The molecule has 0 aliphatic rings. The maximum atomic E-state index is 5.74. The van der Waals surface area contributed by atoms with Crippen molar-refractivity contribution < 1.29 is 0 Å². The van der Waals surface area contributed by atoms with Gasteiger partial charge in [-0.1, -0.05) is 82.9 Å². The highest BCUT2D eigenvalue weighted by Crippen LogP contribution is 2.15. The van der Waals surface area contributed by atoms with Crippen molar-refractivity contribution in [3.63, 3.8) is 0 Å². The summed E-state index contributed by atoms with van der Waals surface area (Å²) in [5.74, 6) is 0. The quantitative estimate of drug-likeness (QED) is 0.468. The second-order valence-electron chi connectivity index (χ2n) is 6.29. The van der Waals surface area contributed by atoms with Gasteiger partial charge in [-0.15, -0.1) is 0 Å². The van der Waals surface area contributed by atoms with Crippen molar-refractivity contribution in [2.75, 3.05) is 24.5 Å². The molecule has 0 saturated carbocycles. The largest absolute Gasteiger partial charge is 0.370 e. The summed E-state index contributed by atoms with van der Waals surface area (Å²) >= 11 is 0. The minimum Gasteiger partial charge on any atom is -0.370 e. The summed E-state index contributed by atoms with van der Waals surface area (Å²) in [6.45, 7) is 5.11. The Bertz CT molecular complexity index is 337. The Labute approximate surface area is 138 Å². The summed E-state index contributed by atoms with van der Waals surface area (Å²) in [5.41, 5.74) is 7.05. The van der Waals surface area contributed by atoms with Crippen molar-refractivity contribution >= 4 is 5.69 Å². The molecule has 1 rings (SSSR count). The third-order valence-corrected chi connectivity index (χ3v) is 4.30. The molecule has 0 unspecified atom stereocenters. The molecule has 22 heavy (non-hydrogen) atoms. The van der Waals surface area contributed by atoms with E-state index in [1.807, 2.05) is 0 Å². The van der Waals surface area contributed by atoms with Gasteiger partial charge in [0.25, 0.3) is 0 Å². The van der Waals surface area contributed by atoms with Gasteiger partial charge in [-0.25, -0.2) is 0 Å². The van der Waals surface area contributed by atoms with Crippen LogP contribution in [0.5, 0.6) is 0 Å². The predicted molar refractivity (Wildman–Crippen MR) is 99.6 cm³/mol. The van der Waals surface area contributed by atoms with Gasteiger partial charge in [0.2, 0.25) is 0 Å². The average molecular weight is 305 g/mol. The Balaban J connectivity index is 2.04. The first-order valence-corrected chi connectivity index (χ1v) is 9.38. The van der Waals surface area contributed by atoms with E-state index in [2.05, 4.69) is 42.2 Å². The fourth-order valence-electron chi connectivity index (χ4n) is 2.95. The van der Waals surface area contributed by atoms with E-state index in [0.717, 1.165) is 19.6 Å². The van der Waals surface area contributed by atoms with Crippen LogP contribution in [0.1, 0.15) is 71.1 Å². The van der Waals surface area contributed by atoms with Crippen molar-refractivity contribution in [2.24, 2.45) is 5.73 Å². The van der Waals surface area contributed by atoms with Crippen LogP contribution in [0, 0.1) is 0 Å². The van der Waals surface area contributed by atoms with Crippen LogP contribution in [-0.4, -0.2) is 19.6 Å². The molecule has 0 amide bonds. The van der Waals surface area contributed by atoms with E-state index in [0.29, 0.717) is 0 Å². The lowest BCUT2D eigenvalue weighted by Crippen LogP contribution is -2.30. The van der Waals surface area contributed by atoms with Crippen LogP contribution >= 0.6 is 0 Å². The number of para-hydroxylation sites is 1. The Hall–Kier alpha value is -1.02. The molecule has 1 aromatic rings. The highest BCUT2D eigenvalue weighted by Gasteiger charge is 2.04. The molecule has 0 aliphatic heterocycles. The zero-order chi connectivity index (χ0) is 15.9. The molecule has 2 N–H and O–H groups in total. The third-order valence-electron chi connectivity index (χ3n) is 4.30. The second-order valence-corrected chi connectivity index (χ2v) is 6.29. The summed E-state index contributed by atoms with van der Waals surface area (Å²) in [6, 6.07) is 10.7. The average Bonchev–Trinajstić information content (AvgIpc) is 2.56. The maximum absolute atomic E-state index is 5.74. The van der Waals surface area contributed by atoms with E-state index in [1.165, 1.54) is 69.9 Å². The van der Waals surface area contributed by atoms with Crippen LogP contribution in [-0.2, 0) is 0 Å². The number of nitrogens with two attached hydrogens (primary N) is 1. The fraction of sp³-hybridized carbons (Fsp3) is 0.700. The minimum absolute atomic E-state index is 0.729. The van der Waals surface area contributed by atoms with Crippen molar-refractivity contribution in [1.82, 2.24) is 0 Å². The van der Waals surface area contributed by atoms with E-state index in [-0.39, 0.29) is 0 Å². The molecule has 1 aromatic carbocycles. The molecule has 2 heteroatoms. The van der Waals surface area contributed by atoms with Crippen LogP contribution in [0.25, 0.3) is 0 Å². The lowest BCUT2D eigenvalue weighted by atomic mass is 10.1. The molecule has 0 bridgehead atoms. The van der Waals surface area contributed by atoms with Crippen molar-refractivity contribution in [2.45, 2.75) is 71.1 Å². The number of hydrogen-bond acceptors (Lipinski definition) is 2. The third kappa shape index (κ3) is 9.09. The molecule has 0 atom stereocenters. The van der Waals surface area contributed by atoms with Gasteiger partial charge in [0.05, 0.1) is 0 Å².